The lowest BCUT2D eigenvalue weighted by molar-refractivity contribution is -0.116. The van der Waals surface area contributed by atoms with Crippen molar-refractivity contribution in [3.8, 4) is 0 Å². The fourth-order valence-electron chi connectivity index (χ4n) is 2.47. The predicted molar refractivity (Wildman–Crippen MR) is 97.8 cm³/mol. The van der Waals surface area contributed by atoms with Crippen LogP contribution in [0.5, 0.6) is 0 Å². The van der Waals surface area contributed by atoms with Crippen LogP contribution in [0.15, 0.2) is 22.8 Å². The van der Waals surface area contributed by atoms with Crippen molar-refractivity contribution in [3.63, 3.8) is 0 Å². The third-order valence-electron chi connectivity index (χ3n) is 3.89. The minimum atomic E-state index is -2.91. The van der Waals surface area contributed by atoms with Gasteiger partial charge in [-0.05, 0) is 12.1 Å². The molecule has 1 N–H and O–H groups in total. The highest BCUT2D eigenvalue weighted by atomic mass is 79.9. The highest BCUT2D eigenvalue weighted by Gasteiger charge is 2.18. The molecule has 0 aliphatic carbocycles. The van der Waals surface area contributed by atoms with Crippen molar-refractivity contribution in [2.24, 2.45) is 0 Å². The van der Waals surface area contributed by atoms with E-state index in [2.05, 4.69) is 36.0 Å². The number of sulfone groups is 1. The number of hydrogen-bond donors (Lipinski definition) is 1. The number of hydrogen-bond acceptors (Lipinski definition) is 6. The number of rotatable bonds is 7. The molecule has 0 aromatic carbocycles. The van der Waals surface area contributed by atoms with Gasteiger partial charge in [-0.15, -0.1) is 0 Å². The Labute approximate surface area is 151 Å². The molecule has 1 fully saturated rings. The van der Waals surface area contributed by atoms with Gasteiger partial charge in [0.25, 0.3) is 0 Å². The van der Waals surface area contributed by atoms with Gasteiger partial charge in [0.2, 0.25) is 5.91 Å². The maximum atomic E-state index is 12.0. The van der Waals surface area contributed by atoms with E-state index in [1.165, 1.54) is 6.26 Å². The molecule has 1 saturated heterocycles. The van der Waals surface area contributed by atoms with E-state index in [4.69, 9.17) is 0 Å². The van der Waals surface area contributed by atoms with Gasteiger partial charge in [0.15, 0.2) is 0 Å². The number of nitrogens with one attached hydrogen (secondary N) is 1. The molecule has 24 heavy (non-hydrogen) atoms. The first kappa shape index (κ1) is 19.3. The first-order valence-electron chi connectivity index (χ1n) is 7.86. The molecule has 1 aliphatic rings. The highest BCUT2D eigenvalue weighted by molar-refractivity contribution is 9.10. The van der Waals surface area contributed by atoms with E-state index < -0.39 is 9.84 Å². The summed E-state index contributed by atoms with van der Waals surface area (Å²) in [7, 11) is -2.91. The van der Waals surface area contributed by atoms with Crippen molar-refractivity contribution in [1.29, 1.82) is 0 Å². The second kappa shape index (κ2) is 8.89. The second-order valence-corrected chi connectivity index (χ2v) is 9.15. The smallest absolute Gasteiger partial charge is 0.226 e. The van der Waals surface area contributed by atoms with Gasteiger partial charge in [-0.3, -0.25) is 9.69 Å². The molecule has 9 heteroatoms. The highest BCUT2D eigenvalue weighted by Crippen LogP contribution is 2.13. The Bertz CT molecular complexity index is 660. The van der Waals surface area contributed by atoms with Crippen molar-refractivity contribution >= 4 is 37.5 Å². The number of piperazine rings is 1. The van der Waals surface area contributed by atoms with E-state index in [0.717, 1.165) is 30.7 Å². The van der Waals surface area contributed by atoms with Crippen LogP contribution >= 0.6 is 15.9 Å². The molecule has 134 valence electrons. The Morgan fingerprint density at radius 1 is 1.25 bits per heavy atom. The number of pyridine rings is 1. The molecule has 1 amide bonds. The maximum Gasteiger partial charge on any atom is 0.226 e. The van der Waals surface area contributed by atoms with Crippen molar-refractivity contribution in [2.45, 2.75) is 6.42 Å². The van der Waals surface area contributed by atoms with Crippen LogP contribution in [0.3, 0.4) is 0 Å². The zero-order valence-electron chi connectivity index (χ0n) is 13.7. The lowest BCUT2D eigenvalue weighted by Gasteiger charge is -2.34. The lowest BCUT2D eigenvalue weighted by Crippen LogP contribution is -2.48. The van der Waals surface area contributed by atoms with Crippen molar-refractivity contribution in [1.82, 2.24) is 14.8 Å². The Kier molecular flexibility index (Phi) is 7.15. The molecule has 2 rings (SSSR count). The van der Waals surface area contributed by atoms with Gasteiger partial charge in [-0.2, -0.15) is 0 Å². The van der Waals surface area contributed by atoms with Gasteiger partial charge < -0.3 is 10.2 Å². The number of anilines is 1. The summed E-state index contributed by atoms with van der Waals surface area (Å²) in [5.41, 5.74) is 0. The van der Waals surface area contributed by atoms with Gasteiger partial charge in [0, 0.05) is 62.6 Å². The average Bonchev–Trinajstić information content (AvgIpc) is 2.51. The number of nitrogens with zero attached hydrogens (tertiary/aromatic N) is 3. The molecule has 0 spiro atoms. The van der Waals surface area contributed by atoms with Crippen LogP contribution in [0.2, 0.25) is 0 Å². The largest absolute Gasteiger partial charge is 0.311 e. The molecule has 0 atom stereocenters. The van der Waals surface area contributed by atoms with Crippen LogP contribution in [0.25, 0.3) is 0 Å². The zero-order chi connectivity index (χ0) is 17.6. The van der Waals surface area contributed by atoms with E-state index in [1.807, 2.05) is 0 Å². The number of aromatic nitrogens is 1. The molecular weight excluding hydrogens is 396 g/mol. The van der Waals surface area contributed by atoms with Gasteiger partial charge in [-0.1, -0.05) is 15.9 Å². The normalized spacial score (nSPS) is 16.9. The molecular formula is C15H23BrN4O3S. The summed E-state index contributed by atoms with van der Waals surface area (Å²) in [5, 5.41) is 2.78. The second-order valence-electron chi connectivity index (χ2n) is 5.97. The maximum absolute atomic E-state index is 12.0. The van der Waals surface area contributed by atoms with E-state index in [9.17, 15) is 13.2 Å². The van der Waals surface area contributed by atoms with E-state index in [-0.39, 0.29) is 11.7 Å². The third-order valence-corrected chi connectivity index (χ3v) is 5.31. The van der Waals surface area contributed by atoms with Crippen LogP contribution in [0.4, 0.5) is 5.82 Å². The van der Waals surface area contributed by atoms with E-state index in [1.54, 1.807) is 18.3 Å². The summed E-state index contributed by atoms with van der Waals surface area (Å²) in [4.78, 5) is 20.4. The van der Waals surface area contributed by atoms with Crippen LogP contribution in [-0.4, -0.2) is 80.4 Å². The monoisotopic (exact) mass is 418 g/mol. The van der Waals surface area contributed by atoms with Gasteiger partial charge >= 0.3 is 0 Å². The van der Waals surface area contributed by atoms with E-state index in [0.29, 0.717) is 25.3 Å². The van der Waals surface area contributed by atoms with Crippen LogP contribution in [0, 0.1) is 0 Å². The predicted octanol–water partition coefficient (Wildman–Crippen LogP) is 0.835. The molecule has 1 aromatic rings. The molecule has 2 heterocycles. The minimum Gasteiger partial charge on any atom is -0.311 e. The van der Waals surface area contributed by atoms with Crippen LogP contribution < -0.4 is 5.32 Å². The SMILES string of the molecule is CS(=O)(=O)CCN1CCN(CCC(=O)Nc2cc(Br)ccn2)CC1. The fourth-order valence-corrected chi connectivity index (χ4v) is 3.39. The molecule has 0 radical (unpaired) electrons. The fraction of sp³-hybridized carbons (Fsp3) is 0.600. The Morgan fingerprint density at radius 3 is 2.46 bits per heavy atom. The zero-order valence-corrected chi connectivity index (χ0v) is 16.1. The Balaban J connectivity index is 1.66. The summed E-state index contributed by atoms with van der Waals surface area (Å²) in [6, 6.07) is 3.57. The summed E-state index contributed by atoms with van der Waals surface area (Å²) in [6.07, 6.45) is 3.31. The first-order chi connectivity index (χ1) is 11.3. The first-order valence-corrected chi connectivity index (χ1v) is 10.7. The summed E-state index contributed by atoms with van der Waals surface area (Å²) in [6.45, 7) is 4.66. The standard InChI is InChI=1S/C15H23BrN4O3S/c1-24(22,23)11-10-20-8-6-19(7-9-20)5-3-15(21)18-14-12-13(16)2-4-17-14/h2,4,12H,3,5-11H2,1H3,(H,17,18,21). The average molecular weight is 419 g/mol. The van der Waals surface area contributed by atoms with Crippen LogP contribution in [0.1, 0.15) is 6.42 Å². The van der Waals surface area contributed by atoms with Gasteiger partial charge in [-0.25, -0.2) is 13.4 Å². The third kappa shape index (κ3) is 7.25. The molecule has 0 saturated carbocycles. The van der Waals surface area contributed by atoms with Crippen molar-refractivity contribution in [2.75, 3.05) is 56.6 Å². The molecule has 0 bridgehead atoms. The lowest BCUT2D eigenvalue weighted by atomic mass is 10.3. The van der Waals surface area contributed by atoms with Crippen LogP contribution in [-0.2, 0) is 14.6 Å². The summed E-state index contributed by atoms with van der Waals surface area (Å²) >= 11 is 3.34. The molecule has 1 aromatic heterocycles. The number of carbonyl (C=O) groups excluding carboxylic acids is 1. The van der Waals surface area contributed by atoms with Crippen molar-refractivity contribution < 1.29 is 13.2 Å². The van der Waals surface area contributed by atoms with Crippen molar-refractivity contribution in [3.05, 3.63) is 22.8 Å². The van der Waals surface area contributed by atoms with Gasteiger partial charge in [0.05, 0.1) is 5.75 Å². The molecule has 1 aliphatic heterocycles. The van der Waals surface area contributed by atoms with E-state index >= 15 is 0 Å². The number of carbonyl (C=O) groups is 1. The minimum absolute atomic E-state index is 0.0555. The Morgan fingerprint density at radius 2 is 1.88 bits per heavy atom. The number of amides is 1. The quantitative estimate of drug-likeness (QED) is 0.705. The Hall–Kier alpha value is -1.03. The topological polar surface area (TPSA) is 82.6 Å². The van der Waals surface area contributed by atoms with Gasteiger partial charge in [0.1, 0.15) is 15.7 Å². The molecule has 7 nitrogen and oxygen atoms in total. The number of halogens is 1. The summed E-state index contributed by atoms with van der Waals surface area (Å²) < 4.78 is 23.3. The molecule has 0 unspecified atom stereocenters. The summed E-state index contributed by atoms with van der Waals surface area (Å²) in [5.74, 6) is 0.690.